The smallest absolute Gasteiger partial charge is 0.267 e. The quantitative estimate of drug-likeness (QED) is 0.666. The number of thiophene rings is 1. The molecule has 92 valence electrons. The highest BCUT2D eigenvalue weighted by atomic mass is 32.1. The molecule has 0 saturated carbocycles. The van der Waals surface area contributed by atoms with E-state index in [-0.39, 0.29) is 5.91 Å². The maximum absolute atomic E-state index is 11.8. The highest BCUT2D eigenvalue weighted by Crippen LogP contribution is 2.14. The standard InChI is InChI=1S/C14H14N2OS/c1-10-8-13(18-9-10)11(2)15-16-14(17)12-6-4-3-5-7-12/h3-9H,1-2H3,(H,16,17). The van der Waals surface area contributed by atoms with Gasteiger partial charge in [0.2, 0.25) is 0 Å². The summed E-state index contributed by atoms with van der Waals surface area (Å²) in [4.78, 5) is 12.8. The lowest BCUT2D eigenvalue weighted by atomic mass is 10.2. The lowest BCUT2D eigenvalue weighted by molar-refractivity contribution is 0.0955. The van der Waals surface area contributed by atoms with Crippen LogP contribution in [0.2, 0.25) is 0 Å². The predicted octanol–water partition coefficient (Wildman–Crippen LogP) is 3.21. The van der Waals surface area contributed by atoms with Crippen molar-refractivity contribution in [1.29, 1.82) is 0 Å². The number of amides is 1. The van der Waals surface area contributed by atoms with Crippen molar-refractivity contribution in [2.24, 2.45) is 5.10 Å². The average Bonchev–Trinajstić information content (AvgIpc) is 2.83. The minimum absolute atomic E-state index is 0.191. The zero-order valence-electron chi connectivity index (χ0n) is 10.3. The number of aryl methyl sites for hydroxylation is 1. The van der Waals surface area contributed by atoms with E-state index in [1.165, 1.54) is 5.56 Å². The molecular formula is C14H14N2OS. The summed E-state index contributed by atoms with van der Waals surface area (Å²) in [6.07, 6.45) is 0. The van der Waals surface area contributed by atoms with Crippen molar-refractivity contribution < 1.29 is 4.79 Å². The van der Waals surface area contributed by atoms with Crippen LogP contribution in [0.4, 0.5) is 0 Å². The van der Waals surface area contributed by atoms with E-state index >= 15 is 0 Å². The van der Waals surface area contributed by atoms with E-state index in [0.717, 1.165) is 10.6 Å². The highest BCUT2D eigenvalue weighted by Gasteiger charge is 2.04. The van der Waals surface area contributed by atoms with Crippen molar-refractivity contribution in [3.05, 3.63) is 57.8 Å². The first kappa shape index (κ1) is 12.5. The molecule has 0 bridgehead atoms. The highest BCUT2D eigenvalue weighted by molar-refractivity contribution is 7.12. The number of hydrogen-bond donors (Lipinski definition) is 1. The normalized spacial score (nSPS) is 11.3. The molecule has 0 aliphatic carbocycles. The molecule has 4 heteroatoms. The van der Waals surface area contributed by atoms with Gasteiger partial charge in [-0.15, -0.1) is 11.3 Å². The van der Waals surface area contributed by atoms with E-state index in [1.54, 1.807) is 23.5 Å². The molecule has 2 aromatic rings. The van der Waals surface area contributed by atoms with Gasteiger partial charge in [0.05, 0.1) is 10.6 Å². The summed E-state index contributed by atoms with van der Waals surface area (Å²) in [5, 5.41) is 6.17. The molecule has 0 spiro atoms. The summed E-state index contributed by atoms with van der Waals surface area (Å²) >= 11 is 1.62. The number of carbonyl (C=O) groups excluding carboxylic acids is 1. The first-order valence-electron chi connectivity index (χ1n) is 5.62. The van der Waals surface area contributed by atoms with Crippen LogP contribution in [0.1, 0.15) is 27.7 Å². The minimum atomic E-state index is -0.191. The maximum atomic E-state index is 11.8. The van der Waals surface area contributed by atoms with Crippen molar-refractivity contribution in [3.63, 3.8) is 0 Å². The fourth-order valence-corrected chi connectivity index (χ4v) is 2.32. The largest absolute Gasteiger partial charge is 0.271 e. The summed E-state index contributed by atoms with van der Waals surface area (Å²) in [6, 6.07) is 11.1. The van der Waals surface area contributed by atoms with Crippen LogP contribution in [0.25, 0.3) is 0 Å². The van der Waals surface area contributed by atoms with Crippen LogP contribution in [0, 0.1) is 6.92 Å². The summed E-state index contributed by atoms with van der Waals surface area (Å²) in [7, 11) is 0. The fourth-order valence-electron chi connectivity index (χ4n) is 1.46. The molecule has 3 nitrogen and oxygen atoms in total. The van der Waals surface area contributed by atoms with Gasteiger partial charge in [-0.05, 0) is 43.0 Å². The Hall–Kier alpha value is -1.94. The Labute approximate surface area is 110 Å². The van der Waals surface area contributed by atoms with Gasteiger partial charge in [-0.2, -0.15) is 5.10 Å². The number of nitrogens with one attached hydrogen (secondary N) is 1. The van der Waals surface area contributed by atoms with Gasteiger partial charge in [-0.1, -0.05) is 18.2 Å². The Morgan fingerprint density at radius 1 is 1.28 bits per heavy atom. The fraction of sp³-hybridized carbons (Fsp3) is 0.143. The Kier molecular flexibility index (Phi) is 3.89. The van der Waals surface area contributed by atoms with Crippen LogP contribution in [0.3, 0.4) is 0 Å². The molecule has 0 unspecified atom stereocenters. The van der Waals surface area contributed by atoms with Crippen molar-refractivity contribution in [3.8, 4) is 0 Å². The monoisotopic (exact) mass is 258 g/mol. The Morgan fingerprint density at radius 3 is 2.61 bits per heavy atom. The van der Waals surface area contributed by atoms with Gasteiger partial charge in [0.1, 0.15) is 0 Å². The first-order valence-corrected chi connectivity index (χ1v) is 6.50. The molecule has 0 atom stereocenters. The summed E-state index contributed by atoms with van der Waals surface area (Å²) in [5.74, 6) is -0.191. The Bertz CT molecular complexity index is 572. The predicted molar refractivity (Wildman–Crippen MR) is 75.2 cm³/mol. The first-order chi connectivity index (χ1) is 8.66. The second-order valence-electron chi connectivity index (χ2n) is 3.99. The molecule has 1 aromatic heterocycles. The molecule has 1 N–H and O–H groups in total. The molecule has 0 radical (unpaired) electrons. The number of hydrazone groups is 1. The molecule has 2 rings (SSSR count). The summed E-state index contributed by atoms with van der Waals surface area (Å²) in [6.45, 7) is 3.92. The number of rotatable bonds is 3. The van der Waals surface area contributed by atoms with E-state index in [2.05, 4.69) is 22.0 Å². The third-order valence-electron chi connectivity index (χ3n) is 2.45. The zero-order chi connectivity index (χ0) is 13.0. The van der Waals surface area contributed by atoms with Gasteiger partial charge in [0.25, 0.3) is 5.91 Å². The summed E-state index contributed by atoms with van der Waals surface area (Å²) in [5.41, 5.74) is 5.19. The molecule has 1 heterocycles. The van der Waals surface area contributed by atoms with Gasteiger partial charge >= 0.3 is 0 Å². The SMILES string of the molecule is CC(=NNC(=O)c1ccccc1)c1cc(C)cs1. The molecule has 1 aromatic carbocycles. The molecule has 1 amide bonds. The second-order valence-corrected chi connectivity index (χ2v) is 4.90. The number of hydrogen-bond acceptors (Lipinski definition) is 3. The van der Waals surface area contributed by atoms with Crippen LogP contribution in [-0.4, -0.2) is 11.6 Å². The minimum Gasteiger partial charge on any atom is -0.267 e. The van der Waals surface area contributed by atoms with E-state index in [9.17, 15) is 4.79 Å². The van der Waals surface area contributed by atoms with E-state index in [1.807, 2.05) is 32.0 Å². The van der Waals surface area contributed by atoms with Crippen molar-refractivity contribution in [1.82, 2.24) is 5.43 Å². The molecule has 18 heavy (non-hydrogen) atoms. The van der Waals surface area contributed by atoms with E-state index in [4.69, 9.17) is 0 Å². The Balaban J connectivity index is 2.05. The van der Waals surface area contributed by atoms with Crippen LogP contribution < -0.4 is 5.43 Å². The molecule has 0 aliphatic rings. The molecular weight excluding hydrogens is 244 g/mol. The van der Waals surface area contributed by atoms with Crippen molar-refractivity contribution in [2.45, 2.75) is 13.8 Å². The lowest BCUT2D eigenvalue weighted by Crippen LogP contribution is -2.18. The average molecular weight is 258 g/mol. The molecule has 0 aliphatic heterocycles. The third kappa shape index (κ3) is 3.05. The second kappa shape index (κ2) is 5.60. The van der Waals surface area contributed by atoms with Gasteiger partial charge < -0.3 is 0 Å². The zero-order valence-corrected chi connectivity index (χ0v) is 11.1. The van der Waals surface area contributed by atoms with E-state index < -0.39 is 0 Å². The topological polar surface area (TPSA) is 41.5 Å². The third-order valence-corrected chi connectivity index (χ3v) is 3.61. The van der Waals surface area contributed by atoms with Gasteiger partial charge in [0, 0.05) is 5.56 Å². The van der Waals surface area contributed by atoms with Crippen molar-refractivity contribution >= 4 is 23.0 Å². The Morgan fingerprint density at radius 2 is 2.00 bits per heavy atom. The van der Waals surface area contributed by atoms with Gasteiger partial charge in [-0.3, -0.25) is 4.79 Å². The van der Waals surface area contributed by atoms with Crippen LogP contribution in [0.15, 0.2) is 46.9 Å². The van der Waals surface area contributed by atoms with Crippen LogP contribution >= 0.6 is 11.3 Å². The van der Waals surface area contributed by atoms with Crippen LogP contribution in [0.5, 0.6) is 0 Å². The van der Waals surface area contributed by atoms with Gasteiger partial charge in [-0.25, -0.2) is 5.43 Å². The van der Waals surface area contributed by atoms with Crippen molar-refractivity contribution in [2.75, 3.05) is 0 Å². The number of nitrogens with zero attached hydrogens (tertiary/aromatic N) is 1. The number of benzene rings is 1. The molecule has 0 saturated heterocycles. The van der Waals surface area contributed by atoms with Gasteiger partial charge in [0.15, 0.2) is 0 Å². The van der Waals surface area contributed by atoms with Crippen LogP contribution in [-0.2, 0) is 0 Å². The lowest BCUT2D eigenvalue weighted by Gasteiger charge is -2.00. The number of carbonyl (C=O) groups is 1. The molecule has 0 fully saturated rings. The van der Waals surface area contributed by atoms with E-state index in [0.29, 0.717) is 5.56 Å². The maximum Gasteiger partial charge on any atom is 0.271 e. The summed E-state index contributed by atoms with van der Waals surface area (Å²) < 4.78 is 0.